The number of aromatic nitrogens is 2. The van der Waals surface area contributed by atoms with Crippen molar-refractivity contribution in [1.82, 2.24) is 9.97 Å². The molecule has 1 aliphatic heterocycles. The molecule has 5 rings (SSSR count). The minimum absolute atomic E-state index is 0.0621. The van der Waals surface area contributed by atoms with Crippen LogP contribution in [0.5, 0.6) is 0 Å². The molecule has 3 aromatic rings. The number of nitrogens with zero attached hydrogens (tertiary/aromatic N) is 4. The van der Waals surface area contributed by atoms with Crippen LogP contribution in [0, 0.1) is 11.7 Å². The van der Waals surface area contributed by atoms with Gasteiger partial charge in [0.25, 0.3) is 6.01 Å². The van der Waals surface area contributed by atoms with Crippen molar-refractivity contribution in [2.75, 3.05) is 41.3 Å². The Morgan fingerprint density at radius 1 is 1.11 bits per heavy atom. The minimum Gasteiger partial charge on any atom is -0.423 e. The lowest BCUT2D eigenvalue weighted by Gasteiger charge is -2.35. The van der Waals surface area contributed by atoms with Gasteiger partial charge in [-0.15, -0.1) is 0 Å². The van der Waals surface area contributed by atoms with Gasteiger partial charge in [0.15, 0.2) is 5.58 Å². The molecule has 0 radical (unpaired) electrons. The fourth-order valence-corrected chi connectivity index (χ4v) is 3.40. The Labute approximate surface area is 161 Å². The van der Waals surface area contributed by atoms with Gasteiger partial charge in [-0.1, -0.05) is 0 Å². The Morgan fingerprint density at radius 2 is 1.89 bits per heavy atom. The number of pyridine rings is 1. The molecule has 1 aliphatic carbocycles. The van der Waals surface area contributed by atoms with E-state index in [9.17, 15) is 9.18 Å². The first kappa shape index (κ1) is 17.0. The predicted octanol–water partition coefficient (Wildman–Crippen LogP) is 3.04. The molecule has 144 valence electrons. The van der Waals surface area contributed by atoms with Crippen LogP contribution < -0.4 is 15.1 Å². The maximum Gasteiger partial charge on any atom is 0.298 e. The first-order chi connectivity index (χ1) is 13.7. The molecule has 0 unspecified atom stereocenters. The van der Waals surface area contributed by atoms with E-state index in [1.165, 1.54) is 12.1 Å². The molecule has 2 fully saturated rings. The first-order valence-electron chi connectivity index (χ1n) is 9.49. The molecule has 8 heteroatoms. The van der Waals surface area contributed by atoms with E-state index in [1.807, 2.05) is 12.1 Å². The summed E-state index contributed by atoms with van der Waals surface area (Å²) in [4.78, 5) is 24.9. The summed E-state index contributed by atoms with van der Waals surface area (Å²) < 4.78 is 19.0. The van der Waals surface area contributed by atoms with E-state index in [0.29, 0.717) is 22.9 Å². The highest BCUT2D eigenvalue weighted by molar-refractivity contribution is 5.93. The van der Waals surface area contributed by atoms with Crippen molar-refractivity contribution in [1.29, 1.82) is 0 Å². The summed E-state index contributed by atoms with van der Waals surface area (Å²) in [5, 5.41) is 2.86. The van der Waals surface area contributed by atoms with Gasteiger partial charge in [-0.3, -0.25) is 4.79 Å². The molecule has 0 bridgehead atoms. The van der Waals surface area contributed by atoms with E-state index in [2.05, 4.69) is 25.1 Å². The maximum absolute atomic E-state index is 13.3. The highest BCUT2D eigenvalue weighted by Gasteiger charge is 2.29. The van der Waals surface area contributed by atoms with Crippen LogP contribution in [0.15, 0.2) is 40.9 Å². The van der Waals surface area contributed by atoms with Gasteiger partial charge in [0.05, 0.1) is 11.9 Å². The number of amides is 1. The van der Waals surface area contributed by atoms with Gasteiger partial charge in [-0.25, -0.2) is 9.37 Å². The van der Waals surface area contributed by atoms with Gasteiger partial charge >= 0.3 is 0 Å². The third-order valence-electron chi connectivity index (χ3n) is 5.20. The fourth-order valence-electron chi connectivity index (χ4n) is 3.40. The van der Waals surface area contributed by atoms with Crippen molar-refractivity contribution in [3.05, 3.63) is 42.3 Å². The number of fused-ring (bicyclic) bond motifs is 1. The predicted molar refractivity (Wildman–Crippen MR) is 104 cm³/mol. The summed E-state index contributed by atoms with van der Waals surface area (Å²) in [6.07, 6.45) is 3.74. The van der Waals surface area contributed by atoms with Crippen molar-refractivity contribution in [2.24, 2.45) is 5.92 Å². The molecular weight excluding hydrogens is 361 g/mol. The summed E-state index contributed by atoms with van der Waals surface area (Å²) in [5.74, 6) is 0.493. The molecule has 2 aromatic heterocycles. The van der Waals surface area contributed by atoms with E-state index in [-0.39, 0.29) is 17.6 Å². The largest absolute Gasteiger partial charge is 0.423 e. The summed E-state index contributed by atoms with van der Waals surface area (Å²) in [7, 11) is 0. The second kappa shape index (κ2) is 6.78. The number of benzene rings is 1. The third kappa shape index (κ3) is 3.37. The Balaban J connectivity index is 1.21. The third-order valence-corrected chi connectivity index (χ3v) is 5.20. The van der Waals surface area contributed by atoms with Crippen LogP contribution in [-0.4, -0.2) is 42.1 Å². The smallest absolute Gasteiger partial charge is 0.298 e. The molecule has 1 saturated heterocycles. The number of anilines is 3. The Morgan fingerprint density at radius 3 is 2.61 bits per heavy atom. The highest BCUT2D eigenvalue weighted by atomic mass is 19.1. The minimum atomic E-state index is -0.329. The number of nitrogens with one attached hydrogen (secondary N) is 1. The van der Waals surface area contributed by atoms with Crippen LogP contribution in [0.25, 0.3) is 11.1 Å². The molecule has 3 heterocycles. The number of carbonyl (C=O) groups is 1. The van der Waals surface area contributed by atoms with Crippen LogP contribution >= 0.6 is 0 Å². The summed E-state index contributed by atoms with van der Waals surface area (Å²) in [5.41, 5.74) is 2.14. The van der Waals surface area contributed by atoms with Crippen LogP contribution in [0.2, 0.25) is 0 Å². The molecule has 7 nitrogen and oxygen atoms in total. The molecule has 2 aliphatic rings. The van der Waals surface area contributed by atoms with E-state index in [0.717, 1.165) is 44.7 Å². The SMILES string of the molecule is O=C(Nc1ccc(N2CCN(c3nc4ccc(F)cc4o3)CC2)cn1)C1CC1. The van der Waals surface area contributed by atoms with Crippen molar-refractivity contribution in [2.45, 2.75) is 12.8 Å². The first-order valence-corrected chi connectivity index (χ1v) is 9.49. The summed E-state index contributed by atoms with van der Waals surface area (Å²) in [6.45, 7) is 3.08. The zero-order valence-electron chi connectivity index (χ0n) is 15.3. The lowest BCUT2D eigenvalue weighted by atomic mass is 10.3. The number of rotatable bonds is 4. The van der Waals surface area contributed by atoms with Crippen molar-refractivity contribution in [3.63, 3.8) is 0 Å². The van der Waals surface area contributed by atoms with Gasteiger partial charge in [0.2, 0.25) is 5.91 Å². The number of oxazole rings is 1. The molecule has 28 heavy (non-hydrogen) atoms. The van der Waals surface area contributed by atoms with E-state index in [1.54, 1.807) is 12.3 Å². The highest BCUT2D eigenvalue weighted by Crippen LogP contribution is 2.30. The topological polar surface area (TPSA) is 74.5 Å². The van der Waals surface area contributed by atoms with Gasteiger partial charge < -0.3 is 19.5 Å². The lowest BCUT2D eigenvalue weighted by Crippen LogP contribution is -2.46. The average Bonchev–Trinajstić information content (AvgIpc) is 3.48. The average molecular weight is 381 g/mol. The van der Waals surface area contributed by atoms with E-state index in [4.69, 9.17) is 4.42 Å². The number of carbonyl (C=O) groups excluding carboxylic acids is 1. The zero-order valence-corrected chi connectivity index (χ0v) is 15.3. The van der Waals surface area contributed by atoms with E-state index >= 15 is 0 Å². The fraction of sp³-hybridized carbons (Fsp3) is 0.350. The van der Waals surface area contributed by atoms with Crippen molar-refractivity contribution >= 4 is 34.5 Å². The Bertz CT molecular complexity index is 1010. The second-order valence-corrected chi connectivity index (χ2v) is 7.25. The molecular formula is C20H20FN5O2. The Kier molecular flexibility index (Phi) is 4.11. The number of hydrogen-bond acceptors (Lipinski definition) is 6. The standard InChI is InChI=1S/C20H20FN5O2/c21-14-3-5-16-17(11-14)28-20(23-16)26-9-7-25(8-10-26)15-4-6-18(22-12-15)24-19(27)13-1-2-13/h3-6,11-13H,1-2,7-10H2,(H,22,24,27). The molecule has 0 spiro atoms. The normalized spacial score (nSPS) is 17.2. The monoisotopic (exact) mass is 381 g/mol. The van der Waals surface area contributed by atoms with Gasteiger partial charge in [-0.2, -0.15) is 4.98 Å². The van der Waals surface area contributed by atoms with Crippen LogP contribution in [0.4, 0.5) is 21.9 Å². The van der Waals surface area contributed by atoms with E-state index < -0.39 is 0 Å². The number of halogens is 1. The molecule has 1 saturated carbocycles. The number of hydrogen-bond donors (Lipinski definition) is 1. The summed E-state index contributed by atoms with van der Waals surface area (Å²) in [6, 6.07) is 8.72. The van der Waals surface area contributed by atoms with Gasteiger partial charge in [-0.05, 0) is 37.1 Å². The maximum atomic E-state index is 13.3. The van der Waals surface area contributed by atoms with Gasteiger partial charge in [0.1, 0.15) is 17.2 Å². The number of piperazine rings is 1. The summed E-state index contributed by atoms with van der Waals surface area (Å²) >= 11 is 0. The molecule has 1 N–H and O–H groups in total. The second-order valence-electron chi connectivity index (χ2n) is 7.25. The van der Waals surface area contributed by atoms with Crippen LogP contribution in [0.1, 0.15) is 12.8 Å². The zero-order chi connectivity index (χ0) is 19.1. The molecule has 0 atom stereocenters. The van der Waals surface area contributed by atoms with Crippen LogP contribution in [-0.2, 0) is 4.79 Å². The lowest BCUT2D eigenvalue weighted by molar-refractivity contribution is -0.117. The van der Waals surface area contributed by atoms with Crippen LogP contribution in [0.3, 0.4) is 0 Å². The molecule has 1 aromatic carbocycles. The van der Waals surface area contributed by atoms with Crippen molar-refractivity contribution < 1.29 is 13.6 Å². The van der Waals surface area contributed by atoms with Crippen molar-refractivity contribution in [3.8, 4) is 0 Å². The quantitative estimate of drug-likeness (QED) is 0.749. The van der Waals surface area contributed by atoms with Gasteiger partial charge in [0, 0.05) is 38.2 Å². The Hall–Kier alpha value is -3.16. The molecule has 1 amide bonds.